The van der Waals surface area contributed by atoms with Gasteiger partial charge in [-0.05, 0) is 80.8 Å². The Hall–Kier alpha value is -3.74. The van der Waals surface area contributed by atoms with Crippen molar-refractivity contribution in [1.82, 2.24) is 9.80 Å². The van der Waals surface area contributed by atoms with Gasteiger partial charge < -0.3 is 9.80 Å². The zero-order chi connectivity index (χ0) is 31.8. The largest absolute Gasteiger partial charge is 0.304 e. The van der Waals surface area contributed by atoms with Crippen molar-refractivity contribution < 1.29 is 9.59 Å². The molecule has 4 saturated heterocycles. The number of carbonyl (C=O) groups is 2. The number of hydrogen-bond donors (Lipinski definition) is 0. The lowest BCUT2D eigenvalue weighted by Gasteiger charge is -2.57. The van der Waals surface area contributed by atoms with Gasteiger partial charge in [-0.3, -0.25) is 19.4 Å². The molecule has 8 heterocycles. The molecule has 0 unspecified atom stereocenters. The Labute approximate surface area is 282 Å². The van der Waals surface area contributed by atoms with E-state index in [1.807, 2.05) is 0 Å². The number of benzene rings is 2. The second-order valence-electron chi connectivity index (χ2n) is 16.5. The maximum Gasteiger partial charge on any atom is 0.255 e. The van der Waals surface area contributed by atoms with Crippen LogP contribution in [0.4, 0.5) is 11.4 Å². The first kappa shape index (κ1) is 27.1. The molecule has 2 aromatic carbocycles. The Morgan fingerprint density at radius 2 is 1.58 bits per heavy atom. The van der Waals surface area contributed by atoms with Gasteiger partial charge in [-0.2, -0.15) is 0 Å². The molecule has 2 amide bonds. The summed E-state index contributed by atoms with van der Waals surface area (Å²) in [5, 5.41) is 0. The number of allylic oxidation sites excluding steroid dienone is 2. The molecule has 12 rings (SSSR count). The molecule has 6 nitrogen and oxygen atoms in total. The molecule has 0 radical (unpaired) electrons. The number of anilines is 2. The number of hydrogen-bond acceptors (Lipinski definition) is 4. The molecule has 8 aliphatic heterocycles. The van der Waals surface area contributed by atoms with E-state index in [9.17, 15) is 4.79 Å². The van der Waals surface area contributed by atoms with E-state index in [4.69, 9.17) is 0 Å². The SMILES string of the molecule is C/C=C1/CN2[C@@H](C3=C[C@@H]4[C@@H]5N(C3=O)c3ccccc3[C@@]53CCN5C/C(=C/C)[C@@H]4C[C@H]53)C[C@@]34c5ccccc5N5C(=O)CC=C([C@H]1C[C@H]23)[C@H]54. The van der Waals surface area contributed by atoms with Crippen LogP contribution in [0.3, 0.4) is 0 Å². The first-order valence-electron chi connectivity index (χ1n) is 18.6. The maximum atomic E-state index is 15.5. The van der Waals surface area contributed by atoms with E-state index in [1.165, 1.54) is 34.4 Å². The van der Waals surface area contributed by atoms with Crippen LogP contribution in [0.15, 0.2) is 95.1 Å². The summed E-state index contributed by atoms with van der Waals surface area (Å²) in [6, 6.07) is 18.8. The van der Waals surface area contributed by atoms with Gasteiger partial charge in [-0.15, -0.1) is 0 Å². The molecule has 0 aromatic heterocycles. The van der Waals surface area contributed by atoms with E-state index >= 15 is 4.79 Å². The lowest BCUT2D eigenvalue weighted by atomic mass is 9.54. The predicted octanol–water partition coefficient (Wildman–Crippen LogP) is 5.66. The Bertz CT molecular complexity index is 2020. The highest BCUT2D eigenvalue weighted by Gasteiger charge is 2.72. The smallest absolute Gasteiger partial charge is 0.255 e. The van der Waals surface area contributed by atoms with Crippen molar-refractivity contribution in [3.63, 3.8) is 0 Å². The third-order valence-electron chi connectivity index (χ3n) is 15.5. The summed E-state index contributed by atoms with van der Waals surface area (Å²) in [5.41, 5.74) is 10.4. The van der Waals surface area contributed by atoms with Crippen molar-refractivity contribution >= 4 is 23.2 Å². The normalized spacial score (nSPS) is 44.1. The van der Waals surface area contributed by atoms with E-state index < -0.39 is 0 Å². The van der Waals surface area contributed by atoms with E-state index in [0.717, 1.165) is 50.2 Å². The first-order valence-corrected chi connectivity index (χ1v) is 18.6. The second-order valence-corrected chi connectivity index (χ2v) is 16.5. The highest BCUT2D eigenvalue weighted by molar-refractivity contribution is 6.10. The van der Waals surface area contributed by atoms with E-state index in [1.54, 1.807) is 5.57 Å². The molecule has 2 aliphatic carbocycles. The summed E-state index contributed by atoms with van der Waals surface area (Å²) in [5.74, 6) is 1.62. The average Bonchev–Trinajstić information content (AvgIpc) is 3.85. The summed E-state index contributed by atoms with van der Waals surface area (Å²) in [6.07, 6.45) is 14.3. The molecule has 4 bridgehead atoms. The Morgan fingerprint density at radius 3 is 2.38 bits per heavy atom. The highest BCUT2D eigenvalue weighted by atomic mass is 16.2. The summed E-state index contributed by atoms with van der Waals surface area (Å²) in [4.78, 5) is 39.3. The van der Waals surface area contributed by atoms with Crippen molar-refractivity contribution in [1.29, 1.82) is 0 Å². The fraction of sp³-hybridized carbons (Fsp3) is 0.476. The number of rotatable bonds is 1. The van der Waals surface area contributed by atoms with Crippen molar-refractivity contribution in [2.24, 2.45) is 17.8 Å². The molecule has 10 aliphatic rings. The number of piperidine rings is 2. The van der Waals surface area contributed by atoms with Gasteiger partial charge in [0.1, 0.15) is 0 Å². The number of amides is 2. The van der Waals surface area contributed by atoms with Crippen LogP contribution in [0.1, 0.15) is 57.1 Å². The van der Waals surface area contributed by atoms with Crippen LogP contribution in [-0.2, 0) is 20.4 Å². The fourth-order valence-electron chi connectivity index (χ4n) is 14.0. The minimum atomic E-state index is -0.204. The fourth-order valence-corrected chi connectivity index (χ4v) is 14.0. The van der Waals surface area contributed by atoms with Gasteiger partial charge >= 0.3 is 0 Å². The maximum absolute atomic E-state index is 15.5. The molecule has 2 spiro atoms. The zero-order valence-electron chi connectivity index (χ0n) is 27.8. The summed E-state index contributed by atoms with van der Waals surface area (Å²) < 4.78 is 0. The van der Waals surface area contributed by atoms with Gasteiger partial charge in [0.2, 0.25) is 5.91 Å². The van der Waals surface area contributed by atoms with E-state index in [0.29, 0.717) is 36.3 Å². The first-order chi connectivity index (χ1) is 23.5. The van der Waals surface area contributed by atoms with Crippen molar-refractivity contribution in [3.05, 3.63) is 106 Å². The van der Waals surface area contributed by atoms with Crippen LogP contribution in [0.2, 0.25) is 0 Å². The molecule has 2 saturated carbocycles. The topological polar surface area (TPSA) is 47.1 Å². The summed E-state index contributed by atoms with van der Waals surface area (Å²) in [6.45, 7) is 7.51. The summed E-state index contributed by atoms with van der Waals surface area (Å²) in [7, 11) is 0. The molecule has 242 valence electrons. The molecule has 6 heteroatoms. The average molecular weight is 635 g/mol. The van der Waals surface area contributed by atoms with Crippen LogP contribution in [-0.4, -0.2) is 71.5 Å². The third-order valence-corrected chi connectivity index (χ3v) is 15.5. The van der Waals surface area contributed by atoms with Gasteiger partial charge in [-0.25, -0.2) is 0 Å². The number of nitrogens with zero attached hydrogens (tertiary/aromatic N) is 4. The lowest BCUT2D eigenvalue weighted by molar-refractivity contribution is -0.119. The molecular formula is C42H42N4O2. The van der Waals surface area contributed by atoms with E-state index in [-0.39, 0.29) is 40.8 Å². The molecule has 48 heavy (non-hydrogen) atoms. The van der Waals surface area contributed by atoms with Gasteiger partial charge in [0.15, 0.2) is 0 Å². The van der Waals surface area contributed by atoms with Crippen LogP contribution in [0.5, 0.6) is 0 Å². The minimum absolute atomic E-state index is 0.0145. The van der Waals surface area contributed by atoms with Crippen LogP contribution in [0.25, 0.3) is 0 Å². The van der Waals surface area contributed by atoms with Crippen LogP contribution in [0, 0.1) is 17.8 Å². The quantitative estimate of drug-likeness (QED) is 0.381. The van der Waals surface area contributed by atoms with Crippen molar-refractivity contribution in [2.75, 3.05) is 29.4 Å². The molecule has 2 aromatic rings. The second kappa shape index (κ2) is 8.70. The predicted molar refractivity (Wildman–Crippen MR) is 186 cm³/mol. The monoisotopic (exact) mass is 634 g/mol. The van der Waals surface area contributed by atoms with Gasteiger partial charge in [0.05, 0.1) is 12.1 Å². The number of fused-ring (bicyclic) bond motifs is 8. The van der Waals surface area contributed by atoms with Crippen LogP contribution < -0.4 is 9.80 Å². The zero-order valence-corrected chi connectivity index (χ0v) is 27.8. The standard InChI is InChI=1S/C42H42N4O2/c1-3-23-21-43-16-15-41-30-9-5-8-12-33(30)46-39(41)28(27(23)18-35(41)43)17-29(40(46)48)34-20-42-31-10-6-7-11-32(31)45-37(47)14-13-25(38(42)45)26-19-36(42)44(34)22-24(26)4-2/h3-13,17,26-28,34-36,38-39H,14-16,18-22H2,1-2H3/b23-3-,24-4-/t26-,27-,28-,34+,35-,36-,38-,39-,41+,42+/m0/s1. The Kier molecular flexibility index (Phi) is 4.91. The Morgan fingerprint density at radius 1 is 0.833 bits per heavy atom. The van der Waals surface area contributed by atoms with Crippen molar-refractivity contribution in [2.45, 2.75) is 87.0 Å². The number of carbonyl (C=O) groups excluding carboxylic acids is 2. The highest BCUT2D eigenvalue weighted by Crippen LogP contribution is 2.68. The van der Waals surface area contributed by atoms with Crippen molar-refractivity contribution in [3.8, 4) is 0 Å². The third kappa shape index (κ3) is 2.73. The minimum Gasteiger partial charge on any atom is -0.304 e. The molecule has 6 fully saturated rings. The summed E-state index contributed by atoms with van der Waals surface area (Å²) >= 11 is 0. The van der Waals surface area contributed by atoms with Crippen LogP contribution >= 0.6 is 0 Å². The lowest BCUT2D eigenvalue weighted by Crippen LogP contribution is -2.66. The van der Waals surface area contributed by atoms with Gasteiger partial charge in [0.25, 0.3) is 5.91 Å². The molecule has 0 N–H and O–H groups in total. The van der Waals surface area contributed by atoms with Gasteiger partial charge in [0, 0.05) is 77.2 Å². The Balaban J connectivity index is 1.07. The van der Waals surface area contributed by atoms with E-state index in [2.05, 4.69) is 106 Å². The number of para-hydroxylation sites is 2. The molecule has 10 atom stereocenters. The van der Waals surface area contributed by atoms with Gasteiger partial charge in [-0.1, -0.05) is 71.8 Å². The molecular weight excluding hydrogens is 592 g/mol.